The molecule has 2 aromatic carbocycles. The van der Waals surface area contributed by atoms with Crippen LogP contribution in [0.4, 0.5) is 0 Å². The van der Waals surface area contributed by atoms with E-state index in [1.165, 1.54) is 0 Å². The molecule has 0 aliphatic heterocycles. The minimum atomic E-state index is -0.369. The molecule has 0 aliphatic rings. The van der Waals surface area contributed by atoms with E-state index in [2.05, 4.69) is 32.2 Å². The molecule has 4 rings (SSSR count). The van der Waals surface area contributed by atoms with E-state index in [4.69, 9.17) is 10.3 Å². The molecule has 0 fully saturated rings. The topological polar surface area (TPSA) is 93.6 Å². The standard InChI is InChI=1S/C17H15N5O/c18-15(8-12-9-19-10-20-12)17-21-16(22-23-17)14-7-3-5-11-4-1-2-6-13(11)14/h1-7,9-10,15H,8,18H2,(H,19,20)/t15-/m0/s1. The Labute approximate surface area is 132 Å². The number of aromatic nitrogens is 4. The highest BCUT2D eigenvalue weighted by molar-refractivity contribution is 5.94. The second-order valence-corrected chi connectivity index (χ2v) is 5.37. The number of benzene rings is 2. The number of fused-ring (bicyclic) bond motifs is 1. The lowest BCUT2D eigenvalue weighted by Gasteiger charge is -2.04. The van der Waals surface area contributed by atoms with Crippen molar-refractivity contribution >= 4 is 10.8 Å². The molecule has 6 nitrogen and oxygen atoms in total. The molecule has 6 heteroatoms. The number of rotatable bonds is 4. The summed E-state index contributed by atoms with van der Waals surface area (Å²) in [5, 5.41) is 6.32. The Bertz CT molecular complexity index is 924. The van der Waals surface area contributed by atoms with Crippen LogP contribution in [0.1, 0.15) is 17.6 Å². The summed E-state index contributed by atoms with van der Waals surface area (Å²) in [6.45, 7) is 0. The second-order valence-electron chi connectivity index (χ2n) is 5.37. The summed E-state index contributed by atoms with van der Waals surface area (Å²) in [4.78, 5) is 11.5. The van der Waals surface area contributed by atoms with Crippen molar-refractivity contribution in [3.8, 4) is 11.4 Å². The van der Waals surface area contributed by atoms with Crippen LogP contribution in [-0.2, 0) is 6.42 Å². The van der Waals surface area contributed by atoms with Gasteiger partial charge in [-0.3, -0.25) is 0 Å². The molecule has 0 saturated carbocycles. The summed E-state index contributed by atoms with van der Waals surface area (Å²) < 4.78 is 5.36. The van der Waals surface area contributed by atoms with Crippen LogP contribution in [0.3, 0.4) is 0 Å². The number of hydrogen-bond acceptors (Lipinski definition) is 5. The summed E-state index contributed by atoms with van der Waals surface area (Å²) in [5.74, 6) is 0.972. The predicted molar refractivity (Wildman–Crippen MR) is 86.5 cm³/mol. The summed E-state index contributed by atoms with van der Waals surface area (Å²) in [6, 6.07) is 13.8. The van der Waals surface area contributed by atoms with Gasteiger partial charge in [0.05, 0.1) is 12.4 Å². The lowest BCUT2D eigenvalue weighted by Crippen LogP contribution is -2.14. The quantitative estimate of drug-likeness (QED) is 0.604. The van der Waals surface area contributed by atoms with Crippen molar-refractivity contribution in [3.63, 3.8) is 0 Å². The molecule has 0 saturated heterocycles. The Morgan fingerprint density at radius 1 is 1.13 bits per heavy atom. The highest BCUT2D eigenvalue weighted by Gasteiger charge is 2.17. The van der Waals surface area contributed by atoms with Gasteiger partial charge < -0.3 is 15.2 Å². The molecule has 3 N–H and O–H groups in total. The van der Waals surface area contributed by atoms with E-state index in [1.54, 1.807) is 12.5 Å². The number of hydrogen-bond donors (Lipinski definition) is 2. The Hall–Kier alpha value is -2.99. The third-order valence-corrected chi connectivity index (χ3v) is 3.78. The second kappa shape index (κ2) is 5.66. The van der Waals surface area contributed by atoms with Crippen molar-refractivity contribution in [3.05, 3.63) is 66.6 Å². The van der Waals surface area contributed by atoms with E-state index in [0.29, 0.717) is 18.1 Å². The Balaban J connectivity index is 1.67. The third-order valence-electron chi connectivity index (χ3n) is 3.78. The fourth-order valence-electron chi connectivity index (χ4n) is 2.64. The van der Waals surface area contributed by atoms with Crippen molar-refractivity contribution in [2.45, 2.75) is 12.5 Å². The number of H-pyrrole nitrogens is 1. The van der Waals surface area contributed by atoms with Gasteiger partial charge in [-0.1, -0.05) is 47.6 Å². The maximum Gasteiger partial charge on any atom is 0.244 e. The van der Waals surface area contributed by atoms with Crippen LogP contribution in [0.5, 0.6) is 0 Å². The molecule has 114 valence electrons. The van der Waals surface area contributed by atoms with Gasteiger partial charge in [0, 0.05) is 23.9 Å². The smallest absolute Gasteiger partial charge is 0.244 e. The van der Waals surface area contributed by atoms with E-state index >= 15 is 0 Å². The SMILES string of the molecule is N[C@@H](Cc1cnc[nH]1)c1nc(-c2cccc3ccccc23)no1. The van der Waals surface area contributed by atoms with Crippen LogP contribution in [0, 0.1) is 0 Å². The van der Waals surface area contributed by atoms with Gasteiger partial charge in [-0.15, -0.1) is 0 Å². The Kier molecular flexibility index (Phi) is 3.36. The van der Waals surface area contributed by atoms with Crippen molar-refractivity contribution in [2.24, 2.45) is 5.73 Å². The zero-order valence-electron chi connectivity index (χ0n) is 12.3. The molecule has 4 aromatic rings. The normalized spacial score (nSPS) is 12.6. The summed E-state index contributed by atoms with van der Waals surface area (Å²) in [6.07, 6.45) is 3.93. The molecule has 23 heavy (non-hydrogen) atoms. The van der Waals surface area contributed by atoms with E-state index in [9.17, 15) is 0 Å². The number of nitrogens with two attached hydrogens (primary N) is 1. The van der Waals surface area contributed by atoms with Crippen LogP contribution >= 0.6 is 0 Å². The first kappa shape index (κ1) is 13.7. The lowest BCUT2D eigenvalue weighted by atomic mass is 10.0. The summed E-state index contributed by atoms with van der Waals surface area (Å²) >= 11 is 0. The van der Waals surface area contributed by atoms with Crippen LogP contribution < -0.4 is 5.73 Å². The average Bonchev–Trinajstić information content (AvgIpc) is 3.26. The van der Waals surface area contributed by atoms with Crippen LogP contribution in [0.15, 0.2) is 59.5 Å². The molecule has 0 bridgehead atoms. The lowest BCUT2D eigenvalue weighted by molar-refractivity contribution is 0.354. The summed E-state index contributed by atoms with van der Waals surface area (Å²) in [7, 11) is 0. The molecule has 0 aliphatic carbocycles. The Morgan fingerprint density at radius 2 is 2.00 bits per heavy atom. The fourth-order valence-corrected chi connectivity index (χ4v) is 2.64. The van der Waals surface area contributed by atoms with E-state index < -0.39 is 0 Å². The zero-order valence-corrected chi connectivity index (χ0v) is 12.3. The molecule has 2 heterocycles. The molecule has 0 unspecified atom stereocenters. The van der Waals surface area contributed by atoms with Gasteiger partial charge in [0.1, 0.15) is 0 Å². The van der Waals surface area contributed by atoms with E-state index in [-0.39, 0.29) is 6.04 Å². The summed E-state index contributed by atoms with van der Waals surface area (Å²) in [5.41, 5.74) is 8.02. The van der Waals surface area contributed by atoms with Gasteiger partial charge in [0.25, 0.3) is 0 Å². The third kappa shape index (κ3) is 2.60. The van der Waals surface area contributed by atoms with Crippen molar-refractivity contribution in [1.29, 1.82) is 0 Å². The number of imidazole rings is 1. The first-order valence-corrected chi connectivity index (χ1v) is 7.36. The first-order chi connectivity index (χ1) is 11.3. The highest BCUT2D eigenvalue weighted by atomic mass is 16.5. The highest BCUT2D eigenvalue weighted by Crippen LogP contribution is 2.27. The number of nitrogens with one attached hydrogen (secondary N) is 1. The minimum Gasteiger partial charge on any atom is -0.348 e. The predicted octanol–water partition coefficient (Wildman–Crippen LogP) is 2.86. The van der Waals surface area contributed by atoms with Gasteiger partial charge in [-0.2, -0.15) is 4.98 Å². The monoisotopic (exact) mass is 305 g/mol. The van der Waals surface area contributed by atoms with Crippen LogP contribution in [-0.4, -0.2) is 20.1 Å². The molecule has 0 spiro atoms. The van der Waals surface area contributed by atoms with Gasteiger partial charge >= 0.3 is 0 Å². The van der Waals surface area contributed by atoms with Gasteiger partial charge in [0.2, 0.25) is 11.7 Å². The first-order valence-electron chi connectivity index (χ1n) is 7.36. The van der Waals surface area contributed by atoms with Crippen molar-refractivity contribution < 1.29 is 4.52 Å². The van der Waals surface area contributed by atoms with E-state index in [1.807, 2.05) is 30.3 Å². The maximum absolute atomic E-state index is 6.15. The maximum atomic E-state index is 6.15. The molecule has 0 amide bonds. The fraction of sp³-hybridized carbons (Fsp3) is 0.118. The average molecular weight is 305 g/mol. The van der Waals surface area contributed by atoms with Crippen molar-refractivity contribution in [1.82, 2.24) is 20.1 Å². The van der Waals surface area contributed by atoms with Crippen molar-refractivity contribution in [2.75, 3.05) is 0 Å². The van der Waals surface area contributed by atoms with Gasteiger partial charge in [-0.05, 0) is 10.8 Å². The Morgan fingerprint density at radius 3 is 2.87 bits per heavy atom. The minimum absolute atomic E-state index is 0.369. The zero-order chi connectivity index (χ0) is 15.6. The number of nitrogens with zero attached hydrogens (tertiary/aromatic N) is 3. The number of aromatic amines is 1. The van der Waals surface area contributed by atoms with Gasteiger partial charge in [-0.25, -0.2) is 4.98 Å². The molecular formula is C17H15N5O. The molecular weight excluding hydrogens is 290 g/mol. The largest absolute Gasteiger partial charge is 0.348 e. The molecule has 2 aromatic heterocycles. The van der Waals surface area contributed by atoms with Crippen LogP contribution in [0.25, 0.3) is 22.2 Å². The van der Waals surface area contributed by atoms with E-state index in [0.717, 1.165) is 22.0 Å². The molecule has 0 radical (unpaired) electrons. The van der Waals surface area contributed by atoms with Gasteiger partial charge in [0.15, 0.2) is 0 Å². The molecule has 1 atom stereocenters. The van der Waals surface area contributed by atoms with Crippen LogP contribution in [0.2, 0.25) is 0 Å².